The Balaban J connectivity index is 1.59. The van der Waals surface area contributed by atoms with Crippen LogP contribution < -0.4 is 5.32 Å². The lowest BCUT2D eigenvalue weighted by atomic mass is 10.3. The molecule has 1 aliphatic rings. The van der Waals surface area contributed by atoms with E-state index in [1.807, 2.05) is 41.1 Å². The SMILES string of the molecule is CN1CCN(C(=O)CNC(=O)c2cc3sccc3n2C)CC1. The van der Waals surface area contributed by atoms with Gasteiger partial charge in [-0.1, -0.05) is 0 Å². The van der Waals surface area contributed by atoms with E-state index >= 15 is 0 Å². The maximum atomic E-state index is 12.3. The van der Waals surface area contributed by atoms with Crippen molar-refractivity contribution < 1.29 is 9.59 Å². The molecule has 1 fully saturated rings. The minimum Gasteiger partial charge on any atom is -0.342 e. The molecule has 2 amide bonds. The van der Waals surface area contributed by atoms with Crippen LogP contribution in [0.3, 0.4) is 0 Å². The van der Waals surface area contributed by atoms with Gasteiger partial charge in [-0.05, 0) is 24.6 Å². The average molecular weight is 320 g/mol. The van der Waals surface area contributed by atoms with E-state index in [0.29, 0.717) is 5.69 Å². The summed E-state index contributed by atoms with van der Waals surface area (Å²) in [6, 6.07) is 3.86. The fourth-order valence-corrected chi connectivity index (χ4v) is 3.53. The number of carbonyl (C=O) groups is 2. The van der Waals surface area contributed by atoms with E-state index in [4.69, 9.17) is 0 Å². The minimum absolute atomic E-state index is 0.0162. The third kappa shape index (κ3) is 2.86. The fraction of sp³-hybridized carbons (Fsp3) is 0.467. The smallest absolute Gasteiger partial charge is 0.268 e. The predicted molar refractivity (Wildman–Crippen MR) is 87.2 cm³/mol. The zero-order valence-electron chi connectivity index (χ0n) is 12.8. The Bertz CT molecular complexity index is 698. The highest BCUT2D eigenvalue weighted by Gasteiger charge is 2.20. The van der Waals surface area contributed by atoms with Crippen LogP contribution in [-0.4, -0.2) is 66.0 Å². The van der Waals surface area contributed by atoms with Gasteiger partial charge in [0.2, 0.25) is 5.91 Å². The first-order valence-corrected chi connectivity index (χ1v) is 8.21. The maximum Gasteiger partial charge on any atom is 0.268 e. The zero-order valence-corrected chi connectivity index (χ0v) is 13.7. The molecule has 0 atom stereocenters. The summed E-state index contributed by atoms with van der Waals surface area (Å²) in [5.74, 6) is -0.217. The second kappa shape index (κ2) is 6.10. The molecule has 3 rings (SSSR count). The van der Waals surface area contributed by atoms with E-state index < -0.39 is 0 Å². The van der Waals surface area contributed by atoms with Crippen molar-refractivity contribution in [1.82, 2.24) is 19.7 Å². The summed E-state index contributed by atoms with van der Waals surface area (Å²) < 4.78 is 2.94. The second-order valence-corrected chi connectivity index (χ2v) is 6.57. The third-order valence-corrected chi connectivity index (χ3v) is 5.01. The van der Waals surface area contributed by atoms with Crippen molar-refractivity contribution in [3.63, 3.8) is 0 Å². The Labute approximate surface area is 133 Å². The van der Waals surface area contributed by atoms with Gasteiger partial charge in [0.25, 0.3) is 5.91 Å². The van der Waals surface area contributed by atoms with Crippen LogP contribution in [0.25, 0.3) is 10.2 Å². The van der Waals surface area contributed by atoms with Crippen molar-refractivity contribution in [1.29, 1.82) is 0 Å². The van der Waals surface area contributed by atoms with Crippen molar-refractivity contribution >= 4 is 33.4 Å². The number of likely N-dealkylation sites (N-methyl/N-ethyl adjacent to an activating group) is 1. The number of fused-ring (bicyclic) bond motifs is 1. The van der Waals surface area contributed by atoms with Gasteiger partial charge in [0.1, 0.15) is 5.69 Å². The molecule has 7 heteroatoms. The number of aryl methyl sites for hydroxylation is 1. The molecule has 0 radical (unpaired) electrons. The number of hydrogen-bond donors (Lipinski definition) is 1. The monoisotopic (exact) mass is 320 g/mol. The van der Waals surface area contributed by atoms with Crippen LogP contribution in [0.5, 0.6) is 0 Å². The van der Waals surface area contributed by atoms with Crippen LogP contribution in [0.1, 0.15) is 10.5 Å². The minimum atomic E-state index is -0.201. The van der Waals surface area contributed by atoms with Crippen LogP contribution in [-0.2, 0) is 11.8 Å². The molecule has 0 saturated carbocycles. The summed E-state index contributed by atoms with van der Waals surface area (Å²) in [5.41, 5.74) is 1.63. The molecular weight excluding hydrogens is 300 g/mol. The summed E-state index contributed by atoms with van der Waals surface area (Å²) in [6.45, 7) is 3.28. The van der Waals surface area contributed by atoms with Crippen molar-refractivity contribution in [3.05, 3.63) is 23.2 Å². The molecule has 1 aliphatic heterocycles. The van der Waals surface area contributed by atoms with Crippen molar-refractivity contribution in [2.24, 2.45) is 7.05 Å². The second-order valence-electron chi connectivity index (χ2n) is 5.63. The highest BCUT2D eigenvalue weighted by molar-refractivity contribution is 7.17. The lowest BCUT2D eigenvalue weighted by Crippen LogP contribution is -2.50. The molecule has 6 nitrogen and oxygen atoms in total. The molecule has 0 bridgehead atoms. The molecule has 1 saturated heterocycles. The number of nitrogens with zero attached hydrogens (tertiary/aromatic N) is 3. The first kappa shape index (κ1) is 15.1. The van der Waals surface area contributed by atoms with E-state index in [-0.39, 0.29) is 18.4 Å². The number of aromatic nitrogens is 1. The van der Waals surface area contributed by atoms with Crippen LogP contribution in [0.4, 0.5) is 0 Å². The number of nitrogens with one attached hydrogen (secondary N) is 1. The lowest BCUT2D eigenvalue weighted by molar-refractivity contribution is -0.131. The van der Waals surface area contributed by atoms with Gasteiger partial charge in [0, 0.05) is 33.2 Å². The van der Waals surface area contributed by atoms with Gasteiger partial charge >= 0.3 is 0 Å². The Morgan fingerprint density at radius 1 is 1.23 bits per heavy atom. The third-order valence-electron chi connectivity index (χ3n) is 4.15. The highest BCUT2D eigenvalue weighted by Crippen LogP contribution is 2.23. The molecule has 0 spiro atoms. The van der Waals surface area contributed by atoms with Crippen LogP contribution >= 0.6 is 11.3 Å². The standard InChI is InChI=1S/C15H20N4O2S/c1-17-4-6-19(7-5-17)14(20)10-16-15(21)12-9-13-11(18(12)2)3-8-22-13/h3,8-9H,4-7,10H2,1-2H3,(H,16,21). The van der Waals surface area contributed by atoms with Gasteiger partial charge in [-0.3, -0.25) is 9.59 Å². The van der Waals surface area contributed by atoms with Gasteiger partial charge < -0.3 is 19.7 Å². The van der Waals surface area contributed by atoms with Crippen LogP contribution in [0.2, 0.25) is 0 Å². The molecule has 2 aromatic heterocycles. The average Bonchev–Trinajstić information content (AvgIpc) is 3.08. The summed E-state index contributed by atoms with van der Waals surface area (Å²) in [7, 11) is 3.91. The van der Waals surface area contributed by atoms with Gasteiger partial charge in [0.15, 0.2) is 0 Å². The number of amides is 2. The fourth-order valence-electron chi connectivity index (χ4n) is 2.68. The summed E-state index contributed by atoms with van der Waals surface area (Å²) in [5, 5.41) is 4.74. The topological polar surface area (TPSA) is 57.6 Å². The molecule has 22 heavy (non-hydrogen) atoms. The molecule has 1 N–H and O–H groups in total. The first-order chi connectivity index (χ1) is 10.6. The Hall–Kier alpha value is -1.86. The van der Waals surface area contributed by atoms with Gasteiger partial charge in [-0.25, -0.2) is 0 Å². The Morgan fingerprint density at radius 2 is 1.95 bits per heavy atom. The number of carbonyl (C=O) groups excluding carboxylic acids is 2. The number of hydrogen-bond acceptors (Lipinski definition) is 4. The number of thiophene rings is 1. The van der Waals surface area contributed by atoms with Crippen molar-refractivity contribution in [2.45, 2.75) is 0 Å². The summed E-state index contributed by atoms with van der Waals surface area (Å²) in [4.78, 5) is 28.4. The van der Waals surface area contributed by atoms with Crippen molar-refractivity contribution in [3.8, 4) is 0 Å². The van der Waals surface area contributed by atoms with E-state index in [1.54, 1.807) is 11.3 Å². The van der Waals surface area contributed by atoms with Crippen molar-refractivity contribution in [2.75, 3.05) is 39.8 Å². The Kier molecular flexibility index (Phi) is 4.17. The molecular formula is C15H20N4O2S. The quantitative estimate of drug-likeness (QED) is 0.908. The molecule has 0 aliphatic carbocycles. The maximum absolute atomic E-state index is 12.3. The largest absolute Gasteiger partial charge is 0.342 e. The van der Waals surface area contributed by atoms with Crippen LogP contribution in [0.15, 0.2) is 17.5 Å². The molecule has 3 heterocycles. The zero-order chi connectivity index (χ0) is 15.7. The van der Waals surface area contributed by atoms with E-state index in [0.717, 1.165) is 36.4 Å². The molecule has 0 unspecified atom stereocenters. The highest BCUT2D eigenvalue weighted by atomic mass is 32.1. The van der Waals surface area contributed by atoms with E-state index in [2.05, 4.69) is 10.2 Å². The molecule has 118 valence electrons. The Morgan fingerprint density at radius 3 is 2.64 bits per heavy atom. The van der Waals surface area contributed by atoms with Gasteiger partial charge in [0.05, 0.1) is 16.8 Å². The van der Waals surface area contributed by atoms with Gasteiger partial charge in [-0.15, -0.1) is 11.3 Å². The predicted octanol–water partition coefficient (Wildman–Crippen LogP) is 0.744. The first-order valence-electron chi connectivity index (χ1n) is 7.33. The van der Waals surface area contributed by atoms with E-state index in [9.17, 15) is 9.59 Å². The number of rotatable bonds is 3. The van der Waals surface area contributed by atoms with E-state index in [1.165, 1.54) is 0 Å². The number of piperazine rings is 1. The van der Waals surface area contributed by atoms with Crippen LogP contribution in [0, 0.1) is 0 Å². The summed E-state index contributed by atoms with van der Waals surface area (Å²) in [6.07, 6.45) is 0. The van der Waals surface area contributed by atoms with Gasteiger partial charge in [-0.2, -0.15) is 0 Å². The summed E-state index contributed by atoms with van der Waals surface area (Å²) >= 11 is 1.61. The molecule has 0 aromatic carbocycles. The normalized spacial score (nSPS) is 16.2. The lowest BCUT2D eigenvalue weighted by Gasteiger charge is -2.32. The molecule has 2 aromatic rings.